The van der Waals surface area contributed by atoms with E-state index in [1.54, 1.807) is 0 Å². The van der Waals surface area contributed by atoms with Crippen molar-refractivity contribution < 1.29 is 27.8 Å². The first-order valence-electron chi connectivity index (χ1n) is 7.92. The summed E-state index contributed by atoms with van der Waals surface area (Å²) in [6, 6.07) is 8.30. The van der Waals surface area contributed by atoms with Gasteiger partial charge in [0.2, 0.25) is 0 Å². The average Bonchev–Trinajstić information content (AvgIpc) is 2.56. The van der Waals surface area contributed by atoms with Crippen LogP contribution in [0.3, 0.4) is 0 Å². The lowest BCUT2D eigenvalue weighted by Crippen LogP contribution is -2.32. The van der Waals surface area contributed by atoms with Gasteiger partial charge >= 0.3 is 5.97 Å². The molecule has 0 radical (unpaired) electrons. The van der Waals surface area contributed by atoms with Crippen molar-refractivity contribution in [2.24, 2.45) is 0 Å². The highest BCUT2D eigenvalue weighted by Crippen LogP contribution is 2.22. The van der Waals surface area contributed by atoms with Crippen molar-refractivity contribution in [1.29, 1.82) is 0 Å². The lowest BCUT2D eigenvalue weighted by atomic mass is 10.1. The summed E-state index contributed by atoms with van der Waals surface area (Å²) in [6.07, 6.45) is -1.17. The molecular weight excluding hydrogens is 344 g/mol. The standard InChI is InChI=1S/C19H19F2NO4/c1-11-5-4-6-12(2)18(11)25-10-17(23)26-13(3)19(24)22-16-8-7-14(20)9-15(16)21/h4-9,13H,10H2,1-3H3,(H,22,24)/t13-/m0/s1. The molecular formula is C19H19F2NO4. The summed E-state index contributed by atoms with van der Waals surface area (Å²) in [5.41, 5.74) is 1.54. The van der Waals surface area contributed by atoms with Gasteiger partial charge in [-0.15, -0.1) is 0 Å². The van der Waals surface area contributed by atoms with Crippen LogP contribution in [0.5, 0.6) is 5.75 Å². The van der Waals surface area contributed by atoms with Crippen molar-refractivity contribution in [1.82, 2.24) is 0 Å². The number of esters is 1. The largest absolute Gasteiger partial charge is 0.481 e. The van der Waals surface area contributed by atoms with Gasteiger partial charge in [-0.2, -0.15) is 0 Å². The van der Waals surface area contributed by atoms with Crippen LogP contribution < -0.4 is 10.1 Å². The van der Waals surface area contributed by atoms with Gasteiger partial charge in [-0.1, -0.05) is 18.2 Å². The highest BCUT2D eigenvalue weighted by Gasteiger charge is 2.20. The summed E-state index contributed by atoms with van der Waals surface area (Å²) in [6.45, 7) is 4.67. The number of carbonyl (C=O) groups excluding carboxylic acids is 2. The second-order valence-electron chi connectivity index (χ2n) is 5.76. The van der Waals surface area contributed by atoms with E-state index in [9.17, 15) is 18.4 Å². The Kier molecular flexibility index (Phi) is 6.27. The molecule has 2 rings (SSSR count). The zero-order chi connectivity index (χ0) is 19.3. The van der Waals surface area contributed by atoms with Crippen LogP contribution in [0, 0.1) is 25.5 Å². The van der Waals surface area contributed by atoms with Crippen LogP contribution in [0.2, 0.25) is 0 Å². The van der Waals surface area contributed by atoms with E-state index in [-0.39, 0.29) is 12.3 Å². The topological polar surface area (TPSA) is 64.6 Å². The predicted octanol–water partition coefficient (Wildman–Crippen LogP) is 3.53. The number of benzene rings is 2. The molecule has 2 aromatic rings. The van der Waals surface area contributed by atoms with Crippen molar-refractivity contribution in [2.75, 3.05) is 11.9 Å². The van der Waals surface area contributed by atoms with Crippen molar-refractivity contribution >= 4 is 17.6 Å². The molecule has 0 aliphatic rings. The van der Waals surface area contributed by atoms with E-state index in [1.165, 1.54) is 6.92 Å². The summed E-state index contributed by atoms with van der Waals surface area (Å²) in [5, 5.41) is 2.24. The Labute approximate surface area is 149 Å². The number of para-hydroxylation sites is 1. The van der Waals surface area contributed by atoms with Crippen LogP contribution in [0.25, 0.3) is 0 Å². The molecule has 26 heavy (non-hydrogen) atoms. The Bertz CT molecular complexity index is 803. The fourth-order valence-corrected chi connectivity index (χ4v) is 2.27. The number of ether oxygens (including phenoxy) is 2. The quantitative estimate of drug-likeness (QED) is 0.798. The molecule has 0 saturated carbocycles. The van der Waals surface area contributed by atoms with Gasteiger partial charge in [0.15, 0.2) is 12.7 Å². The van der Waals surface area contributed by atoms with E-state index in [0.717, 1.165) is 23.3 Å². The molecule has 0 spiro atoms. The Morgan fingerprint density at radius 3 is 2.38 bits per heavy atom. The first kappa shape index (κ1) is 19.4. The summed E-state index contributed by atoms with van der Waals surface area (Å²) >= 11 is 0. The predicted molar refractivity (Wildman–Crippen MR) is 92.0 cm³/mol. The third kappa shape index (κ3) is 5.02. The Hall–Kier alpha value is -2.96. The van der Waals surface area contributed by atoms with E-state index in [2.05, 4.69) is 5.32 Å². The zero-order valence-electron chi connectivity index (χ0n) is 14.6. The molecule has 0 aliphatic heterocycles. The second kappa shape index (κ2) is 8.42. The van der Waals surface area contributed by atoms with E-state index in [0.29, 0.717) is 11.8 Å². The van der Waals surface area contributed by atoms with E-state index < -0.39 is 29.6 Å². The zero-order valence-corrected chi connectivity index (χ0v) is 14.6. The first-order chi connectivity index (χ1) is 12.3. The second-order valence-corrected chi connectivity index (χ2v) is 5.76. The number of nitrogens with one attached hydrogen (secondary N) is 1. The number of rotatable bonds is 6. The van der Waals surface area contributed by atoms with Gasteiger partial charge in [-0.3, -0.25) is 4.79 Å². The molecule has 0 aliphatic carbocycles. The van der Waals surface area contributed by atoms with Crippen LogP contribution in [-0.4, -0.2) is 24.6 Å². The third-order valence-electron chi connectivity index (χ3n) is 3.61. The summed E-state index contributed by atoms with van der Waals surface area (Å²) in [4.78, 5) is 23.8. The minimum Gasteiger partial charge on any atom is -0.481 e. The van der Waals surface area contributed by atoms with E-state index in [4.69, 9.17) is 9.47 Å². The monoisotopic (exact) mass is 363 g/mol. The maximum atomic E-state index is 13.5. The van der Waals surface area contributed by atoms with Crippen LogP contribution in [0.15, 0.2) is 36.4 Å². The Morgan fingerprint density at radius 2 is 1.77 bits per heavy atom. The summed E-state index contributed by atoms with van der Waals surface area (Å²) < 4.78 is 36.8. The molecule has 7 heteroatoms. The molecule has 0 saturated heterocycles. The number of aryl methyl sites for hydroxylation is 2. The minimum absolute atomic E-state index is 0.203. The van der Waals surface area contributed by atoms with Crippen LogP contribution in [0.4, 0.5) is 14.5 Å². The van der Waals surface area contributed by atoms with E-state index >= 15 is 0 Å². The number of hydrogen-bond acceptors (Lipinski definition) is 4. The Balaban J connectivity index is 1.89. The number of carbonyl (C=O) groups is 2. The molecule has 0 bridgehead atoms. The van der Waals surface area contributed by atoms with Gasteiger partial charge in [-0.05, 0) is 44.0 Å². The molecule has 138 valence electrons. The van der Waals surface area contributed by atoms with Crippen LogP contribution in [0.1, 0.15) is 18.1 Å². The molecule has 1 N–H and O–H groups in total. The lowest BCUT2D eigenvalue weighted by Gasteiger charge is -2.15. The fraction of sp³-hybridized carbons (Fsp3) is 0.263. The van der Waals surface area contributed by atoms with Gasteiger partial charge in [0.25, 0.3) is 5.91 Å². The third-order valence-corrected chi connectivity index (χ3v) is 3.61. The number of amides is 1. The number of hydrogen-bond donors (Lipinski definition) is 1. The highest BCUT2D eigenvalue weighted by atomic mass is 19.1. The van der Waals surface area contributed by atoms with Gasteiger partial charge < -0.3 is 14.8 Å². The van der Waals surface area contributed by atoms with Gasteiger partial charge in [0.05, 0.1) is 5.69 Å². The molecule has 5 nitrogen and oxygen atoms in total. The van der Waals surface area contributed by atoms with Crippen molar-refractivity contribution in [2.45, 2.75) is 26.9 Å². The fourth-order valence-electron chi connectivity index (χ4n) is 2.27. The highest BCUT2D eigenvalue weighted by molar-refractivity contribution is 5.95. The van der Waals surface area contributed by atoms with Crippen molar-refractivity contribution in [3.63, 3.8) is 0 Å². The minimum atomic E-state index is -1.17. The molecule has 1 atom stereocenters. The van der Waals surface area contributed by atoms with Crippen LogP contribution >= 0.6 is 0 Å². The summed E-state index contributed by atoms with van der Waals surface area (Å²) in [5.74, 6) is -2.58. The SMILES string of the molecule is Cc1cccc(C)c1OCC(=O)O[C@@H](C)C(=O)Nc1ccc(F)cc1F. The maximum absolute atomic E-state index is 13.5. The Morgan fingerprint density at radius 1 is 1.12 bits per heavy atom. The normalized spacial score (nSPS) is 11.6. The molecule has 0 fully saturated rings. The molecule has 2 aromatic carbocycles. The van der Waals surface area contributed by atoms with Crippen LogP contribution in [-0.2, 0) is 14.3 Å². The van der Waals surface area contributed by atoms with Crippen molar-refractivity contribution in [3.8, 4) is 5.75 Å². The van der Waals surface area contributed by atoms with Gasteiger partial charge in [-0.25, -0.2) is 13.6 Å². The van der Waals surface area contributed by atoms with Gasteiger partial charge in [0, 0.05) is 6.07 Å². The lowest BCUT2D eigenvalue weighted by molar-refractivity contribution is -0.155. The molecule has 0 aromatic heterocycles. The van der Waals surface area contributed by atoms with E-state index in [1.807, 2.05) is 32.0 Å². The average molecular weight is 363 g/mol. The maximum Gasteiger partial charge on any atom is 0.344 e. The molecule has 0 unspecified atom stereocenters. The summed E-state index contributed by atoms with van der Waals surface area (Å²) in [7, 11) is 0. The smallest absolute Gasteiger partial charge is 0.344 e. The number of anilines is 1. The molecule has 0 heterocycles. The number of halogens is 2. The van der Waals surface area contributed by atoms with Crippen molar-refractivity contribution in [3.05, 3.63) is 59.2 Å². The van der Waals surface area contributed by atoms with Gasteiger partial charge in [0.1, 0.15) is 17.4 Å². The first-order valence-corrected chi connectivity index (χ1v) is 7.92. The molecule has 1 amide bonds.